The zero-order valence-corrected chi connectivity index (χ0v) is 15.7. The molecule has 0 unspecified atom stereocenters. The van der Waals surface area contributed by atoms with Crippen LogP contribution in [0.4, 0.5) is 5.82 Å². The van der Waals surface area contributed by atoms with Crippen molar-refractivity contribution in [3.8, 4) is 11.3 Å². The summed E-state index contributed by atoms with van der Waals surface area (Å²) in [7, 11) is 0. The van der Waals surface area contributed by atoms with Gasteiger partial charge in [-0.2, -0.15) is 0 Å². The summed E-state index contributed by atoms with van der Waals surface area (Å²) in [6, 6.07) is 8.37. The van der Waals surface area contributed by atoms with Crippen molar-refractivity contribution in [2.45, 2.75) is 38.1 Å². The Kier molecular flexibility index (Phi) is 5.34. The molecule has 1 saturated heterocycles. The smallest absolute Gasteiger partial charge is 0.253 e. The monoisotopic (exact) mass is 365 g/mol. The van der Waals surface area contributed by atoms with E-state index in [-0.39, 0.29) is 5.91 Å². The molecule has 0 spiro atoms. The highest BCUT2D eigenvalue weighted by Crippen LogP contribution is 2.25. The van der Waals surface area contributed by atoms with Gasteiger partial charge >= 0.3 is 0 Å². The molecule has 6 heteroatoms. The molecule has 142 valence electrons. The second-order valence-corrected chi connectivity index (χ2v) is 7.53. The molecule has 4 rings (SSSR count). The molecule has 1 saturated carbocycles. The fourth-order valence-corrected chi connectivity index (χ4v) is 4.26. The standard InChI is InChI=1S/C21H27N5O/c22-20-15-23-19(14-24-20)16-5-3-6-17(13-16)21(27)26-10-4-9-25(11-12-26)18-7-1-2-8-18/h3,5-6,13-15,18H,1-2,4,7-12H2,(H2,22,24). The van der Waals surface area contributed by atoms with Crippen LogP contribution in [-0.2, 0) is 0 Å². The van der Waals surface area contributed by atoms with Crippen LogP contribution in [0.15, 0.2) is 36.7 Å². The van der Waals surface area contributed by atoms with Crippen LogP contribution in [0.3, 0.4) is 0 Å². The lowest BCUT2D eigenvalue weighted by Gasteiger charge is -2.27. The van der Waals surface area contributed by atoms with E-state index in [1.165, 1.54) is 31.9 Å². The van der Waals surface area contributed by atoms with E-state index in [4.69, 9.17) is 5.73 Å². The lowest BCUT2D eigenvalue weighted by Crippen LogP contribution is -2.38. The molecular weight excluding hydrogens is 338 g/mol. The maximum atomic E-state index is 13.1. The van der Waals surface area contributed by atoms with Crippen molar-refractivity contribution >= 4 is 11.7 Å². The van der Waals surface area contributed by atoms with Gasteiger partial charge in [0.25, 0.3) is 5.91 Å². The van der Waals surface area contributed by atoms with Crippen LogP contribution < -0.4 is 5.73 Å². The summed E-state index contributed by atoms with van der Waals surface area (Å²) >= 11 is 0. The van der Waals surface area contributed by atoms with Gasteiger partial charge in [-0.15, -0.1) is 0 Å². The number of hydrogen-bond donors (Lipinski definition) is 1. The number of rotatable bonds is 3. The first-order chi connectivity index (χ1) is 13.2. The predicted molar refractivity (Wildman–Crippen MR) is 106 cm³/mol. The molecule has 2 aromatic rings. The van der Waals surface area contributed by atoms with E-state index in [0.29, 0.717) is 11.4 Å². The van der Waals surface area contributed by atoms with E-state index in [0.717, 1.165) is 49.9 Å². The zero-order chi connectivity index (χ0) is 18.6. The minimum atomic E-state index is 0.105. The van der Waals surface area contributed by atoms with Crippen LogP contribution in [0.2, 0.25) is 0 Å². The van der Waals surface area contributed by atoms with Crippen LogP contribution >= 0.6 is 0 Å². The van der Waals surface area contributed by atoms with Gasteiger partial charge in [0, 0.05) is 43.3 Å². The van der Waals surface area contributed by atoms with Crippen molar-refractivity contribution in [1.82, 2.24) is 19.8 Å². The molecular formula is C21H27N5O. The minimum absolute atomic E-state index is 0.105. The van der Waals surface area contributed by atoms with Crippen LogP contribution in [0.1, 0.15) is 42.5 Å². The second-order valence-electron chi connectivity index (χ2n) is 7.53. The van der Waals surface area contributed by atoms with Gasteiger partial charge < -0.3 is 10.6 Å². The second kappa shape index (κ2) is 8.05. The van der Waals surface area contributed by atoms with Gasteiger partial charge in [0.05, 0.1) is 18.1 Å². The Bertz CT molecular complexity index is 785. The Morgan fingerprint density at radius 3 is 2.63 bits per heavy atom. The normalized spacial score (nSPS) is 19.2. The molecule has 1 aromatic heterocycles. The number of hydrogen-bond acceptors (Lipinski definition) is 5. The zero-order valence-electron chi connectivity index (χ0n) is 15.7. The summed E-state index contributed by atoms with van der Waals surface area (Å²) in [5, 5.41) is 0. The summed E-state index contributed by atoms with van der Waals surface area (Å²) in [5.74, 6) is 0.496. The molecule has 2 fully saturated rings. The minimum Gasteiger partial charge on any atom is -0.382 e. The van der Waals surface area contributed by atoms with Crippen molar-refractivity contribution in [2.24, 2.45) is 0 Å². The Morgan fingerprint density at radius 2 is 1.85 bits per heavy atom. The number of carbonyl (C=O) groups is 1. The first-order valence-electron chi connectivity index (χ1n) is 9.92. The van der Waals surface area contributed by atoms with Crippen molar-refractivity contribution in [3.05, 3.63) is 42.2 Å². The third kappa shape index (κ3) is 4.11. The number of nitrogen functional groups attached to an aromatic ring is 1. The maximum Gasteiger partial charge on any atom is 0.253 e. The van der Waals surface area contributed by atoms with Crippen LogP contribution in [-0.4, -0.2) is 57.9 Å². The molecule has 0 radical (unpaired) electrons. The highest BCUT2D eigenvalue weighted by Gasteiger charge is 2.26. The molecule has 1 amide bonds. The van der Waals surface area contributed by atoms with Crippen LogP contribution in [0.5, 0.6) is 0 Å². The lowest BCUT2D eigenvalue weighted by atomic mass is 10.1. The van der Waals surface area contributed by atoms with E-state index >= 15 is 0 Å². The number of anilines is 1. The molecule has 2 heterocycles. The number of nitrogens with zero attached hydrogens (tertiary/aromatic N) is 4. The highest BCUT2D eigenvalue weighted by molar-refractivity contribution is 5.95. The van der Waals surface area contributed by atoms with Gasteiger partial charge in [0.15, 0.2) is 0 Å². The van der Waals surface area contributed by atoms with Gasteiger partial charge in [-0.3, -0.25) is 14.7 Å². The first kappa shape index (κ1) is 17.9. The molecule has 2 aliphatic rings. The summed E-state index contributed by atoms with van der Waals surface area (Å²) in [6.45, 7) is 3.73. The first-order valence-corrected chi connectivity index (χ1v) is 9.92. The number of carbonyl (C=O) groups excluding carboxylic acids is 1. The summed E-state index contributed by atoms with van der Waals surface area (Å²) in [6.07, 6.45) is 9.57. The fraction of sp³-hybridized carbons (Fsp3) is 0.476. The molecule has 0 atom stereocenters. The topological polar surface area (TPSA) is 75.3 Å². The number of aromatic nitrogens is 2. The third-order valence-electron chi connectivity index (χ3n) is 5.74. The van der Waals surface area contributed by atoms with Gasteiger partial charge in [-0.1, -0.05) is 25.0 Å². The van der Waals surface area contributed by atoms with Crippen LogP contribution in [0.25, 0.3) is 11.3 Å². The van der Waals surface area contributed by atoms with Crippen molar-refractivity contribution < 1.29 is 4.79 Å². The molecule has 2 N–H and O–H groups in total. The highest BCUT2D eigenvalue weighted by atomic mass is 16.2. The van der Waals surface area contributed by atoms with E-state index in [2.05, 4.69) is 14.9 Å². The maximum absolute atomic E-state index is 13.1. The summed E-state index contributed by atoms with van der Waals surface area (Å²) in [4.78, 5) is 26.1. The van der Waals surface area contributed by atoms with Gasteiger partial charge in [0.2, 0.25) is 0 Å². The van der Waals surface area contributed by atoms with Crippen molar-refractivity contribution in [3.63, 3.8) is 0 Å². The van der Waals surface area contributed by atoms with E-state index < -0.39 is 0 Å². The molecule has 1 aromatic carbocycles. The van der Waals surface area contributed by atoms with E-state index in [9.17, 15) is 4.79 Å². The van der Waals surface area contributed by atoms with Crippen LogP contribution in [0, 0.1) is 0 Å². The Hall–Kier alpha value is -2.47. The number of nitrogens with two attached hydrogens (primary N) is 1. The van der Waals surface area contributed by atoms with Gasteiger partial charge in [0.1, 0.15) is 5.82 Å². The molecule has 1 aliphatic carbocycles. The Morgan fingerprint density at radius 1 is 1.00 bits per heavy atom. The Balaban J connectivity index is 1.46. The average molecular weight is 365 g/mol. The lowest BCUT2D eigenvalue weighted by molar-refractivity contribution is 0.0758. The predicted octanol–water partition coefficient (Wildman–Crippen LogP) is 2.82. The van der Waals surface area contributed by atoms with Gasteiger partial charge in [-0.05, 0) is 31.4 Å². The fourth-order valence-electron chi connectivity index (χ4n) is 4.26. The molecule has 6 nitrogen and oxygen atoms in total. The quantitative estimate of drug-likeness (QED) is 0.905. The van der Waals surface area contributed by atoms with E-state index in [1.54, 1.807) is 6.20 Å². The number of benzene rings is 1. The molecule has 1 aliphatic heterocycles. The van der Waals surface area contributed by atoms with E-state index in [1.807, 2.05) is 29.2 Å². The SMILES string of the molecule is Nc1cnc(-c2cccc(C(=O)N3CCCN(C4CCCC4)CC3)c2)cn1. The summed E-state index contributed by atoms with van der Waals surface area (Å²) in [5.41, 5.74) is 7.93. The summed E-state index contributed by atoms with van der Waals surface area (Å²) < 4.78 is 0. The van der Waals surface area contributed by atoms with Crippen molar-refractivity contribution in [1.29, 1.82) is 0 Å². The largest absolute Gasteiger partial charge is 0.382 e. The molecule has 27 heavy (non-hydrogen) atoms. The number of amides is 1. The average Bonchev–Trinajstić information content (AvgIpc) is 3.13. The third-order valence-corrected chi connectivity index (χ3v) is 5.74. The molecule has 0 bridgehead atoms. The van der Waals surface area contributed by atoms with Crippen molar-refractivity contribution in [2.75, 3.05) is 31.9 Å². The Labute approximate surface area is 160 Å². The van der Waals surface area contributed by atoms with Gasteiger partial charge in [-0.25, -0.2) is 4.98 Å².